The van der Waals surface area contributed by atoms with Gasteiger partial charge in [-0.3, -0.25) is 20.0 Å². The number of thioether (sulfide) groups is 1. The van der Waals surface area contributed by atoms with Gasteiger partial charge in [-0.05, 0) is 17.7 Å². The van der Waals surface area contributed by atoms with Gasteiger partial charge in [0.15, 0.2) is 0 Å². The first kappa shape index (κ1) is 21.3. The highest BCUT2D eigenvalue weighted by atomic mass is 35.5. The first-order valence-electron chi connectivity index (χ1n) is 9.26. The number of nitrogens with zero attached hydrogens (tertiary/aromatic N) is 3. The number of amides is 1. The lowest BCUT2D eigenvalue weighted by Crippen LogP contribution is -2.10. The number of H-pyrrole nitrogens is 1. The van der Waals surface area contributed by atoms with Crippen LogP contribution in [0.4, 0.5) is 11.4 Å². The van der Waals surface area contributed by atoms with E-state index in [2.05, 4.69) is 20.5 Å². The number of carbonyl (C=O) groups is 1. The quantitative estimate of drug-likeness (QED) is 0.202. The van der Waals surface area contributed by atoms with E-state index in [4.69, 9.17) is 11.6 Å². The number of hydrogen-bond donors (Lipinski definition) is 2. The lowest BCUT2D eigenvalue weighted by molar-refractivity contribution is -0.382. The fourth-order valence-electron chi connectivity index (χ4n) is 2.88. The largest absolute Gasteiger partial charge is 0.321 e. The number of aromatic nitrogens is 3. The Morgan fingerprint density at radius 2 is 2.06 bits per heavy atom. The fraction of sp³-hybridized carbons (Fsp3) is 0.150. The Morgan fingerprint density at radius 3 is 2.74 bits per heavy atom. The third kappa shape index (κ3) is 4.55. The molecular weight excluding hydrogens is 458 g/mol. The highest BCUT2D eigenvalue weighted by Crippen LogP contribution is 2.40. The lowest BCUT2D eigenvalue weighted by Gasteiger charge is -2.05. The van der Waals surface area contributed by atoms with Gasteiger partial charge in [-0.2, -0.15) is 0 Å². The Bertz CT molecular complexity index is 1270. The van der Waals surface area contributed by atoms with E-state index in [1.807, 2.05) is 19.1 Å². The molecule has 11 heteroatoms. The Morgan fingerprint density at radius 1 is 1.29 bits per heavy atom. The van der Waals surface area contributed by atoms with Crippen LogP contribution in [0.5, 0.6) is 0 Å². The number of anilines is 1. The van der Waals surface area contributed by atoms with Crippen molar-refractivity contribution in [2.75, 3.05) is 5.32 Å². The van der Waals surface area contributed by atoms with Gasteiger partial charge in [0, 0.05) is 29.3 Å². The van der Waals surface area contributed by atoms with Crippen molar-refractivity contribution in [2.45, 2.75) is 24.3 Å². The summed E-state index contributed by atoms with van der Waals surface area (Å²) >= 11 is 8.88. The molecule has 8 nitrogen and oxygen atoms in total. The number of aromatic amines is 1. The van der Waals surface area contributed by atoms with E-state index in [9.17, 15) is 14.9 Å². The number of benzene rings is 2. The van der Waals surface area contributed by atoms with Crippen molar-refractivity contribution in [1.82, 2.24) is 15.2 Å². The first-order chi connectivity index (χ1) is 15.0. The molecule has 0 aliphatic heterocycles. The number of non-ortho nitro benzene ring substituents is 1. The number of carbonyl (C=O) groups excluding carboxylic acids is 1. The highest BCUT2D eigenvalue weighted by Gasteiger charge is 2.22. The summed E-state index contributed by atoms with van der Waals surface area (Å²) in [7, 11) is 0. The van der Waals surface area contributed by atoms with Crippen molar-refractivity contribution in [2.24, 2.45) is 0 Å². The van der Waals surface area contributed by atoms with E-state index in [0.29, 0.717) is 26.7 Å². The Balaban J connectivity index is 1.45. The number of nitrogens with one attached hydrogen (secondary N) is 2. The number of aryl methyl sites for hydroxylation is 1. The van der Waals surface area contributed by atoms with Crippen LogP contribution in [0.3, 0.4) is 0 Å². The predicted molar refractivity (Wildman–Crippen MR) is 123 cm³/mol. The predicted octanol–water partition coefficient (Wildman–Crippen LogP) is 5.69. The molecule has 31 heavy (non-hydrogen) atoms. The van der Waals surface area contributed by atoms with Crippen molar-refractivity contribution in [3.8, 4) is 0 Å². The standard InChI is InChI=1S/C20H16ClN5O3S2/c1-2-15-23-20(25-24-15)30-10-11-6-8-12(9-7-11)22-19(27)18-16(21)13-4-3-5-14(26(28)29)17(13)31-18/h3-9H,2,10H2,1H3,(H,22,27)(H,23,24,25). The van der Waals surface area contributed by atoms with E-state index in [1.165, 1.54) is 17.8 Å². The average molecular weight is 474 g/mol. The zero-order chi connectivity index (χ0) is 22.0. The van der Waals surface area contributed by atoms with E-state index >= 15 is 0 Å². The summed E-state index contributed by atoms with van der Waals surface area (Å²) in [5.74, 6) is 1.14. The molecule has 0 saturated heterocycles. The van der Waals surface area contributed by atoms with E-state index < -0.39 is 10.8 Å². The highest BCUT2D eigenvalue weighted by molar-refractivity contribution is 7.98. The minimum atomic E-state index is -0.477. The number of hydrogen-bond acceptors (Lipinski definition) is 7. The Kier molecular flexibility index (Phi) is 6.21. The fourth-order valence-corrected chi connectivity index (χ4v) is 5.15. The van der Waals surface area contributed by atoms with Crippen LogP contribution in [0.15, 0.2) is 47.6 Å². The van der Waals surface area contributed by atoms with Crippen molar-refractivity contribution >= 4 is 62.1 Å². The van der Waals surface area contributed by atoms with Crippen LogP contribution in [-0.4, -0.2) is 26.0 Å². The average Bonchev–Trinajstić information content (AvgIpc) is 3.37. The molecule has 158 valence electrons. The van der Waals surface area contributed by atoms with Crippen LogP contribution in [-0.2, 0) is 12.2 Å². The molecule has 2 aromatic heterocycles. The molecular formula is C20H16ClN5O3S2. The summed E-state index contributed by atoms with van der Waals surface area (Å²) in [4.78, 5) is 28.1. The van der Waals surface area contributed by atoms with Gasteiger partial charge in [0.25, 0.3) is 11.6 Å². The molecule has 0 aliphatic carbocycles. The van der Waals surface area contributed by atoms with Crippen molar-refractivity contribution in [3.63, 3.8) is 0 Å². The van der Waals surface area contributed by atoms with Crippen LogP contribution in [0.2, 0.25) is 5.02 Å². The summed E-state index contributed by atoms with van der Waals surface area (Å²) in [5, 5.41) is 22.5. The van der Waals surface area contributed by atoms with Crippen molar-refractivity contribution in [1.29, 1.82) is 0 Å². The van der Waals surface area contributed by atoms with Crippen LogP contribution >= 0.6 is 34.7 Å². The van der Waals surface area contributed by atoms with Crippen LogP contribution in [0, 0.1) is 10.1 Å². The van der Waals surface area contributed by atoms with Crippen molar-refractivity contribution in [3.05, 3.63) is 73.9 Å². The number of nitro benzene ring substituents is 1. The molecule has 2 aromatic carbocycles. The van der Waals surface area contributed by atoms with Gasteiger partial charge in [0.1, 0.15) is 15.4 Å². The molecule has 0 spiro atoms. The summed E-state index contributed by atoms with van der Waals surface area (Å²) in [6, 6.07) is 12.0. The van der Waals surface area contributed by atoms with Gasteiger partial charge in [0.05, 0.1) is 9.95 Å². The minimum absolute atomic E-state index is 0.0669. The SMILES string of the molecule is CCc1nc(SCc2ccc(NC(=O)c3sc4c([N+](=O)[O-])cccc4c3Cl)cc2)n[nH]1. The molecule has 0 saturated carbocycles. The van der Waals surface area contributed by atoms with Gasteiger partial charge < -0.3 is 5.32 Å². The van der Waals surface area contributed by atoms with Gasteiger partial charge in [-0.1, -0.05) is 54.6 Å². The zero-order valence-corrected chi connectivity index (χ0v) is 18.6. The maximum atomic E-state index is 12.7. The third-order valence-electron chi connectivity index (χ3n) is 4.46. The van der Waals surface area contributed by atoms with Crippen LogP contribution in [0.25, 0.3) is 10.1 Å². The number of halogens is 1. The summed E-state index contributed by atoms with van der Waals surface area (Å²) in [5.41, 5.74) is 1.59. The second-order valence-electron chi connectivity index (χ2n) is 6.51. The summed E-state index contributed by atoms with van der Waals surface area (Å²) < 4.78 is 0.383. The van der Waals surface area contributed by atoms with E-state index in [-0.39, 0.29) is 15.6 Å². The number of rotatable bonds is 7. The molecule has 0 radical (unpaired) electrons. The molecule has 0 aliphatic rings. The zero-order valence-electron chi connectivity index (χ0n) is 16.2. The maximum absolute atomic E-state index is 12.7. The first-order valence-corrected chi connectivity index (χ1v) is 11.4. The van der Waals surface area contributed by atoms with Gasteiger partial charge in [-0.15, -0.1) is 16.4 Å². The third-order valence-corrected chi connectivity index (χ3v) is 7.11. The Labute approximate surface area is 190 Å². The molecule has 2 heterocycles. The maximum Gasteiger partial charge on any atom is 0.287 e. The van der Waals surface area contributed by atoms with Gasteiger partial charge >= 0.3 is 0 Å². The monoisotopic (exact) mass is 473 g/mol. The van der Waals surface area contributed by atoms with E-state index in [0.717, 1.165) is 29.1 Å². The van der Waals surface area contributed by atoms with Crippen LogP contribution in [0.1, 0.15) is 28.0 Å². The number of thiophene rings is 1. The van der Waals surface area contributed by atoms with Crippen molar-refractivity contribution < 1.29 is 9.72 Å². The van der Waals surface area contributed by atoms with Gasteiger partial charge in [-0.25, -0.2) is 4.98 Å². The molecule has 4 aromatic rings. The van der Waals surface area contributed by atoms with E-state index in [1.54, 1.807) is 24.3 Å². The molecule has 1 amide bonds. The molecule has 0 atom stereocenters. The molecule has 4 rings (SSSR count). The van der Waals surface area contributed by atoms with Gasteiger partial charge in [0.2, 0.25) is 5.16 Å². The normalized spacial score (nSPS) is 11.0. The smallest absolute Gasteiger partial charge is 0.287 e. The molecule has 0 fully saturated rings. The molecule has 2 N–H and O–H groups in total. The molecule has 0 unspecified atom stereocenters. The summed E-state index contributed by atoms with van der Waals surface area (Å²) in [6.45, 7) is 2.01. The second-order valence-corrected chi connectivity index (χ2v) is 8.86. The number of nitro groups is 1. The molecule has 0 bridgehead atoms. The topological polar surface area (TPSA) is 114 Å². The second kappa shape index (κ2) is 9.04. The summed E-state index contributed by atoms with van der Waals surface area (Å²) in [6.07, 6.45) is 0.805. The minimum Gasteiger partial charge on any atom is -0.321 e. The lowest BCUT2D eigenvalue weighted by atomic mass is 10.2. The number of fused-ring (bicyclic) bond motifs is 1. The van der Waals surface area contributed by atoms with Crippen LogP contribution < -0.4 is 5.32 Å². The Hall–Kier alpha value is -2.95.